The molecule has 0 spiro atoms. The maximum absolute atomic E-state index is 5.70. The molecule has 1 aromatic carbocycles. The van der Waals surface area contributed by atoms with Crippen LogP contribution in [0.3, 0.4) is 0 Å². The summed E-state index contributed by atoms with van der Waals surface area (Å²) in [5, 5.41) is 2.20. The minimum atomic E-state index is -0.158. The van der Waals surface area contributed by atoms with Gasteiger partial charge in [0.1, 0.15) is 6.33 Å². The molecule has 0 saturated carbocycles. The lowest BCUT2D eigenvalue weighted by Gasteiger charge is -2.17. The number of fused-ring (bicyclic) bond motifs is 1. The second-order valence-electron chi connectivity index (χ2n) is 4.22. The van der Waals surface area contributed by atoms with E-state index in [1.807, 2.05) is 24.4 Å². The summed E-state index contributed by atoms with van der Waals surface area (Å²) in [4.78, 5) is 12.3. The fourth-order valence-electron chi connectivity index (χ4n) is 2.21. The number of aromatic nitrogens is 3. The quantitative estimate of drug-likeness (QED) is 0.546. The van der Waals surface area contributed by atoms with Crippen LogP contribution in [-0.4, -0.2) is 15.0 Å². The molecule has 0 fully saturated rings. The Morgan fingerprint density at radius 3 is 2.63 bits per heavy atom. The van der Waals surface area contributed by atoms with Crippen LogP contribution in [0.15, 0.2) is 55.4 Å². The van der Waals surface area contributed by atoms with Crippen molar-refractivity contribution < 1.29 is 0 Å². The van der Waals surface area contributed by atoms with Crippen LogP contribution >= 0.6 is 0 Å². The van der Waals surface area contributed by atoms with Gasteiger partial charge in [-0.05, 0) is 17.0 Å². The van der Waals surface area contributed by atoms with Crippen molar-refractivity contribution in [1.29, 1.82) is 0 Å². The minimum Gasteiger partial charge on any atom is -0.271 e. The predicted molar refractivity (Wildman–Crippen MR) is 72.9 cm³/mol. The number of nitrogens with zero attached hydrogens (tertiary/aromatic N) is 3. The van der Waals surface area contributed by atoms with Crippen molar-refractivity contribution in [3.8, 4) is 0 Å². The molecule has 3 N–H and O–H groups in total. The lowest BCUT2D eigenvalue weighted by atomic mass is 9.97. The van der Waals surface area contributed by atoms with Crippen molar-refractivity contribution in [3.63, 3.8) is 0 Å². The summed E-state index contributed by atoms with van der Waals surface area (Å²) >= 11 is 0. The molecule has 94 valence electrons. The van der Waals surface area contributed by atoms with Gasteiger partial charge in [0.05, 0.1) is 6.04 Å². The van der Waals surface area contributed by atoms with Gasteiger partial charge in [-0.15, -0.1) is 0 Å². The number of hydrogen-bond donors (Lipinski definition) is 2. The van der Waals surface area contributed by atoms with E-state index in [1.165, 1.54) is 6.33 Å². The van der Waals surface area contributed by atoms with Gasteiger partial charge in [-0.3, -0.25) is 10.8 Å². The number of nitrogens with two attached hydrogens (primary N) is 1. The van der Waals surface area contributed by atoms with Gasteiger partial charge < -0.3 is 0 Å². The third-order valence-corrected chi connectivity index (χ3v) is 3.11. The number of rotatable bonds is 3. The summed E-state index contributed by atoms with van der Waals surface area (Å²) in [5.41, 5.74) is 4.80. The second-order valence-corrected chi connectivity index (χ2v) is 4.22. The summed E-state index contributed by atoms with van der Waals surface area (Å²) in [5.74, 6) is 5.70. The van der Waals surface area contributed by atoms with Gasteiger partial charge in [0.25, 0.3) is 0 Å². The molecule has 5 heteroatoms. The van der Waals surface area contributed by atoms with Gasteiger partial charge in [-0.25, -0.2) is 15.4 Å². The molecular formula is C14H13N5. The number of hydrogen-bond acceptors (Lipinski definition) is 5. The first-order chi connectivity index (χ1) is 9.40. The molecule has 0 aliphatic heterocycles. The highest BCUT2D eigenvalue weighted by molar-refractivity contribution is 5.85. The standard InChI is InChI=1S/C14H13N5/c15-19-14(11-6-17-9-18-7-11)12-3-1-2-10-4-5-16-8-13(10)12/h1-9,14,19H,15H2. The number of pyridine rings is 1. The molecule has 1 atom stereocenters. The molecule has 5 nitrogen and oxygen atoms in total. The third kappa shape index (κ3) is 2.16. The van der Waals surface area contributed by atoms with E-state index in [0.717, 1.165) is 21.9 Å². The van der Waals surface area contributed by atoms with E-state index < -0.39 is 0 Å². The number of benzene rings is 1. The van der Waals surface area contributed by atoms with Crippen LogP contribution in [0.5, 0.6) is 0 Å². The van der Waals surface area contributed by atoms with Crippen molar-refractivity contribution in [2.75, 3.05) is 0 Å². The van der Waals surface area contributed by atoms with Crippen LogP contribution in [0.1, 0.15) is 17.2 Å². The van der Waals surface area contributed by atoms with Gasteiger partial charge in [-0.2, -0.15) is 0 Å². The van der Waals surface area contributed by atoms with Gasteiger partial charge in [-0.1, -0.05) is 18.2 Å². The topological polar surface area (TPSA) is 76.7 Å². The fraction of sp³-hybridized carbons (Fsp3) is 0.0714. The normalized spacial score (nSPS) is 12.5. The molecular weight excluding hydrogens is 238 g/mol. The van der Waals surface area contributed by atoms with E-state index >= 15 is 0 Å². The predicted octanol–water partition coefficient (Wildman–Crippen LogP) is 1.58. The van der Waals surface area contributed by atoms with Gasteiger partial charge >= 0.3 is 0 Å². The molecule has 0 amide bonds. The van der Waals surface area contributed by atoms with E-state index in [2.05, 4.69) is 26.4 Å². The Balaban J connectivity index is 2.17. The monoisotopic (exact) mass is 251 g/mol. The maximum Gasteiger partial charge on any atom is 0.115 e. The van der Waals surface area contributed by atoms with Gasteiger partial charge in [0.15, 0.2) is 0 Å². The molecule has 3 aromatic rings. The molecule has 3 rings (SSSR count). The average molecular weight is 251 g/mol. The van der Waals surface area contributed by atoms with Gasteiger partial charge in [0, 0.05) is 35.7 Å². The maximum atomic E-state index is 5.70. The lowest BCUT2D eigenvalue weighted by molar-refractivity contribution is 0.635. The smallest absolute Gasteiger partial charge is 0.115 e. The zero-order valence-corrected chi connectivity index (χ0v) is 10.2. The summed E-state index contributed by atoms with van der Waals surface area (Å²) < 4.78 is 0. The molecule has 1 unspecified atom stereocenters. The van der Waals surface area contributed by atoms with Crippen LogP contribution in [-0.2, 0) is 0 Å². The van der Waals surface area contributed by atoms with E-state index in [4.69, 9.17) is 5.84 Å². The highest BCUT2D eigenvalue weighted by atomic mass is 15.2. The van der Waals surface area contributed by atoms with E-state index in [-0.39, 0.29) is 6.04 Å². The Hall–Kier alpha value is -2.37. The number of nitrogens with one attached hydrogen (secondary N) is 1. The molecule has 0 aliphatic rings. The van der Waals surface area contributed by atoms with E-state index in [1.54, 1.807) is 18.6 Å². The molecule has 2 aromatic heterocycles. The Bertz CT molecular complexity index is 678. The first-order valence-corrected chi connectivity index (χ1v) is 5.94. The van der Waals surface area contributed by atoms with Crippen LogP contribution < -0.4 is 11.3 Å². The summed E-state index contributed by atoms with van der Waals surface area (Å²) in [7, 11) is 0. The first kappa shape index (κ1) is 11.7. The van der Waals surface area contributed by atoms with Crippen molar-refractivity contribution in [2.45, 2.75) is 6.04 Å². The largest absolute Gasteiger partial charge is 0.271 e. The van der Waals surface area contributed by atoms with Crippen LogP contribution in [0.4, 0.5) is 0 Å². The van der Waals surface area contributed by atoms with Crippen LogP contribution in [0, 0.1) is 0 Å². The first-order valence-electron chi connectivity index (χ1n) is 5.94. The molecule has 2 heterocycles. The zero-order valence-electron chi connectivity index (χ0n) is 10.2. The SMILES string of the molecule is NNC(c1cncnc1)c1cccc2ccncc12. The Morgan fingerprint density at radius 2 is 1.84 bits per heavy atom. The van der Waals surface area contributed by atoms with Crippen LogP contribution in [0.2, 0.25) is 0 Å². The summed E-state index contributed by atoms with van der Waals surface area (Å²) in [6.45, 7) is 0. The van der Waals surface area contributed by atoms with Crippen molar-refractivity contribution in [2.24, 2.45) is 5.84 Å². The summed E-state index contributed by atoms with van der Waals surface area (Å²) in [6.07, 6.45) is 8.64. The second kappa shape index (κ2) is 5.09. The highest BCUT2D eigenvalue weighted by Gasteiger charge is 2.15. The third-order valence-electron chi connectivity index (χ3n) is 3.11. The fourth-order valence-corrected chi connectivity index (χ4v) is 2.21. The van der Waals surface area contributed by atoms with Crippen molar-refractivity contribution in [1.82, 2.24) is 20.4 Å². The Kier molecular flexibility index (Phi) is 3.14. The van der Waals surface area contributed by atoms with Crippen molar-refractivity contribution in [3.05, 3.63) is 66.5 Å². The molecule has 0 aliphatic carbocycles. The summed E-state index contributed by atoms with van der Waals surface area (Å²) in [6, 6.07) is 7.91. The van der Waals surface area contributed by atoms with E-state index in [0.29, 0.717) is 0 Å². The number of hydrazine groups is 1. The molecule has 0 saturated heterocycles. The minimum absolute atomic E-state index is 0.158. The lowest BCUT2D eigenvalue weighted by Crippen LogP contribution is -2.29. The average Bonchev–Trinajstić information content (AvgIpc) is 2.49. The Labute approximate surface area is 110 Å². The van der Waals surface area contributed by atoms with E-state index in [9.17, 15) is 0 Å². The highest BCUT2D eigenvalue weighted by Crippen LogP contribution is 2.27. The molecule has 19 heavy (non-hydrogen) atoms. The van der Waals surface area contributed by atoms with Crippen molar-refractivity contribution >= 4 is 10.8 Å². The Morgan fingerprint density at radius 1 is 1.00 bits per heavy atom. The molecule has 0 radical (unpaired) electrons. The van der Waals surface area contributed by atoms with Crippen LogP contribution in [0.25, 0.3) is 10.8 Å². The molecule has 0 bridgehead atoms. The zero-order chi connectivity index (χ0) is 13.1. The van der Waals surface area contributed by atoms with Gasteiger partial charge in [0.2, 0.25) is 0 Å².